The first-order valence-corrected chi connectivity index (χ1v) is 19.5. The Kier molecular flexibility index (Phi) is 7.86. The van der Waals surface area contributed by atoms with E-state index >= 15 is 4.39 Å². The number of hydrogen-bond acceptors (Lipinski definition) is 8. The van der Waals surface area contributed by atoms with Crippen LogP contribution in [0.4, 0.5) is 4.39 Å². The fraction of sp³-hybridized carbons (Fsp3) is 0.698. The molecule has 52 heavy (non-hydrogen) atoms. The van der Waals surface area contributed by atoms with E-state index in [1.807, 2.05) is 13.0 Å². The van der Waals surface area contributed by atoms with E-state index in [0.717, 1.165) is 12.0 Å². The van der Waals surface area contributed by atoms with Gasteiger partial charge in [-0.2, -0.15) is 0 Å². The average molecular weight is 718 g/mol. The van der Waals surface area contributed by atoms with Crippen molar-refractivity contribution in [2.45, 2.75) is 128 Å². The normalized spacial score (nSPS) is 53.1. The lowest BCUT2D eigenvalue weighted by atomic mass is 9.44. The summed E-state index contributed by atoms with van der Waals surface area (Å²) in [7, 11) is 0. The third-order valence-corrected chi connectivity index (χ3v) is 17.2. The summed E-state index contributed by atoms with van der Waals surface area (Å²) in [6.45, 7) is 9.25. The number of carbonyl (C=O) groups excluding carboxylic acids is 4. The van der Waals surface area contributed by atoms with Crippen molar-refractivity contribution in [2.24, 2.45) is 57.2 Å². The molecule has 8 aliphatic rings. The maximum absolute atomic E-state index is 17.6. The molecule has 1 radical (unpaired) electrons. The van der Waals surface area contributed by atoms with Crippen molar-refractivity contribution in [1.82, 2.24) is 0 Å². The molecule has 15 atom stereocenters. The molecule has 8 nitrogen and oxygen atoms in total. The largest absolute Gasteiger partial charge is 0.393 e. The zero-order valence-electron chi connectivity index (χ0n) is 31.0. The SMILES string of the molecule is C[C@@H]1CC2C3CCC4=CC(=O)C=C[C@]4(C)[C@@]3(F)[C@@H](O)C[C@]2(C)[C@@]1(O)C(=O)[CH]CC(=O)[C@@]1(O)CCC2C3CCC4=CC(=O)C=C[C@]4(C)C3[C@@H](O)C[C@@]21C. The van der Waals surface area contributed by atoms with Crippen molar-refractivity contribution in [3.05, 3.63) is 54.0 Å². The molecule has 0 saturated heterocycles. The summed E-state index contributed by atoms with van der Waals surface area (Å²) in [6, 6.07) is 0. The van der Waals surface area contributed by atoms with Crippen molar-refractivity contribution in [1.29, 1.82) is 0 Å². The van der Waals surface area contributed by atoms with E-state index in [1.54, 1.807) is 39.0 Å². The standard InChI is InChI=1S/C43H54FO8/c1-23-18-31-30-9-7-25-20-27(46)13-16-38(25,3)42(30,44)35(50)22-40(31,5)43(23,52)34(49)11-10-33(48)41(51)17-14-29-28-8-6-24-19-26(45)12-15-37(24,2)36(28)32(47)21-39(29,41)4/h11-13,15-16,19-20,23,28-32,35-36,47,50-52H,6-10,14,17-18,21-22H2,1-5H3/t23-,28?,29?,30?,31?,32+,35+,36?,37+,38+,39+,40+,41+,42+,43+/m1/s1. The van der Waals surface area contributed by atoms with E-state index in [4.69, 9.17) is 0 Å². The highest BCUT2D eigenvalue weighted by molar-refractivity contribution is 6.02. The van der Waals surface area contributed by atoms with Crippen LogP contribution >= 0.6 is 0 Å². The maximum Gasteiger partial charge on any atom is 0.178 e. The van der Waals surface area contributed by atoms with Gasteiger partial charge in [0.15, 0.2) is 28.8 Å². The Morgan fingerprint density at radius 3 is 2.23 bits per heavy atom. The average Bonchev–Trinajstić information content (AvgIpc) is 3.47. The summed E-state index contributed by atoms with van der Waals surface area (Å²) >= 11 is 0. The molecular formula is C43H54FO8. The summed E-state index contributed by atoms with van der Waals surface area (Å²) in [5.74, 6) is -3.22. The third-order valence-electron chi connectivity index (χ3n) is 17.2. The number of allylic oxidation sites excluding steroid dienone is 8. The molecule has 0 heterocycles. The highest BCUT2D eigenvalue weighted by Gasteiger charge is 2.76. The van der Waals surface area contributed by atoms with Gasteiger partial charge >= 0.3 is 0 Å². The van der Waals surface area contributed by atoms with Crippen LogP contribution in [0.5, 0.6) is 0 Å². The van der Waals surface area contributed by atoms with Gasteiger partial charge in [-0.1, -0.05) is 51.0 Å². The number of fused-ring (bicyclic) bond motifs is 10. The van der Waals surface area contributed by atoms with Crippen LogP contribution in [-0.2, 0) is 19.2 Å². The Hall–Kier alpha value is -2.59. The molecule has 0 aliphatic heterocycles. The Bertz CT molecular complexity index is 1780. The number of alkyl halides is 1. The van der Waals surface area contributed by atoms with Crippen molar-refractivity contribution in [3.63, 3.8) is 0 Å². The van der Waals surface area contributed by atoms with Crippen molar-refractivity contribution >= 4 is 23.1 Å². The Labute approximate surface area is 305 Å². The van der Waals surface area contributed by atoms with Crippen LogP contribution < -0.4 is 0 Å². The van der Waals surface area contributed by atoms with Gasteiger partial charge in [0.1, 0.15) is 11.2 Å². The Morgan fingerprint density at radius 1 is 0.865 bits per heavy atom. The summed E-state index contributed by atoms with van der Waals surface area (Å²) in [5.41, 5.74) is -7.91. The van der Waals surface area contributed by atoms with Crippen LogP contribution in [0.25, 0.3) is 0 Å². The molecule has 6 saturated carbocycles. The quantitative estimate of drug-likeness (QED) is 0.308. The number of rotatable bonds is 5. The number of Topliss-reactive ketones (excluding diaryl/α,β-unsaturated/α-hetero) is 2. The number of hydrogen-bond donors (Lipinski definition) is 4. The number of aliphatic hydroxyl groups is 4. The van der Waals surface area contributed by atoms with Gasteiger partial charge in [0.25, 0.3) is 0 Å². The molecule has 4 N–H and O–H groups in total. The first kappa shape index (κ1) is 36.4. The third kappa shape index (κ3) is 4.23. The number of carbonyl (C=O) groups is 4. The van der Waals surface area contributed by atoms with E-state index in [0.29, 0.717) is 37.7 Å². The highest BCUT2D eigenvalue weighted by atomic mass is 19.1. The topological polar surface area (TPSA) is 149 Å². The van der Waals surface area contributed by atoms with Crippen molar-refractivity contribution < 1.29 is 44.0 Å². The molecule has 6 fully saturated rings. The van der Waals surface area contributed by atoms with E-state index in [9.17, 15) is 39.6 Å². The van der Waals surface area contributed by atoms with Crippen molar-refractivity contribution in [3.8, 4) is 0 Å². The van der Waals surface area contributed by atoms with Crippen LogP contribution in [0.1, 0.15) is 98.8 Å². The molecule has 9 heteroatoms. The molecule has 0 spiro atoms. The molecule has 0 amide bonds. The van der Waals surface area contributed by atoms with Gasteiger partial charge < -0.3 is 20.4 Å². The number of ketones is 4. The minimum Gasteiger partial charge on any atom is -0.393 e. The predicted octanol–water partition coefficient (Wildman–Crippen LogP) is 5.08. The van der Waals surface area contributed by atoms with Gasteiger partial charge in [0, 0.05) is 46.3 Å². The molecule has 281 valence electrons. The van der Waals surface area contributed by atoms with E-state index < -0.39 is 86.5 Å². The zero-order valence-corrected chi connectivity index (χ0v) is 31.0. The molecule has 0 aromatic heterocycles. The van der Waals surface area contributed by atoms with E-state index in [2.05, 4.69) is 6.92 Å². The van der Waals surface area contributed by atoms with Crippen LogP contribution in [0.15, 0.2) is 47.6 Å². The van der Waals surface area contributed by atoms with Crippen LogP contribution in [-0.4, -0.2) is 72.6 Å². The summed E-state index contributed by atoms with van der Waals surface area (Å²) in [5, 5.41) is 48.2. The Morgan fingerprint density at radius 2 is 1.52 bits per heavy atom. The highest BCUT2D eigenvalue weighted by Crippen LogP contribution is 2.71. The molecule has 5 unspecified atom stereocenters. The fourth-order valence-corrected chi connectivity index (χ4v) is 14.4. The van der Waals surface area contributed by atoms with Gasteiger partial charge in [0.05, 0.1) is 12.2 Å². The Balaban J connectivity index is 1.01. The molecular weight excluding hydrogens is 663 g/mol. The molecule has 8 rings (SSSR count). The lowest BCUT2D eigenvalue weighted by molar-refractivity contribution is -0.218. The van der Waals surface area contributed by atoms with Gasteiger partial charge in [-0.15, -0.1) is 0 Å². The van der Waals surface area contributed by atoms with Crippen LogP contribution in [0, 0.1) is 63.6 Å². The minimum absolute atomic E-state index is 0.0386. The first-order chi connectivity index (χ1) is 24.2. The van der Waals surface area contributed by atoms with Crippen molar-refractivity contribution in [2.75, 3.05) is 0 Å². The van der Waals surface area contributed by atoms with Crippen LogP contribution in [0.3, 0.4) is 0 Å². The smallest absolute Gasteiger partial charge is 0.178 e. The van der Waals surface area contributed by atoms with Gasteiger partial charge in [-0.3, -0.25) is 19.2 Å². The maximum atomic E-state index is 17.6. The summed E-state index contributed by atoms with van der Waals surface area (Å²) in [6.07, 6.45) is 11.7. The lowest BCUT2D eigenvalue weighted by Crippen LogP contribution is -2.69. The number of aliphatic hydroxyl groups excluding tert-OH is 2. The van der Waals surface area contributed by atoms with E-state index in [-0.39, 0.29) is 48.6 Å². The molecule has 8 aliphatic carbocycles. The molecule has 0 bridgehead atoms. The predicted molar refractivity (Wildman–Crippen MR) is 190 cm³/mol. The number of halogens is 1. The molecule has 0 aromatic rings. The van der Waals surface area contributed by atoms with Gasteiger partial charge in [-0.25, -0.2) is 4.39 Å². The summed E-state index contributed by atoms with van der Waals surface area (Å²) in [4.78, 5) is 52.8. The second kappa shape index (κ2) is 11.2. The van der Waals surface area contributed by atoms with Gasteiger partial charge in [-0.05, 0) is 113 Å². The minimum atomic E-state index is -2.09. The van der Waals surface area contributed by atoms with Gasteiger partial charge in [0.2, 0.25) is 0 Å². The molecule has 0 aromatic carbocycles. The monoisotopic (exact) mass is 717 g/mol. The van der Waals surface area contributed by atoms with E-state index in [1.165, 1.54) is 18.6 Å². The second-order valence-electron chi connectivity index (χ2n) is 19.0. The first-order valence-electron chi connectivity index (χ1n) is 19.5. The second-order valence-corrected chi connectivity index (χ2v) is 19.0. The lowest BCUT2D eigenvalue weighted by Gasteiger charge is -2.62. The van der Waals surface area contributed by atoms with Crippen LogP contribution in [0.2, 0.25) is 0 Å². The summed E-state index contributed by atoms with van der Waals surface area (Å²) < 4.78 is 17.6. The fourth-order valence-electron chi connectivity index (χ4n) is 14.4. The zero-order chi connectivity index (χ0) is 37.6.